The van der Waals surface area contributed by atoms with Crippen LogP contribution in [0.4, 0.5) is 5.69 Å². The molecule has 6 nitrogen and oxygen atoms in total. The van der Waals surface area contributed by atoms with Gasteiger partial charge in [0.1, 0.15) is 5.75 Å². The molecule has 2 aromatic rings. The Morgan fingerprint density at radius 1 is 1.00 bits per heavy atom. The van der Waals surface area contributed by atoms with Gasteiger partial charge in [-0.3, -0.25) is 9.52 Å². The second-order valence-corrected chi connectivity index (χ2v) is 8.01. The van der Waals surface area contributed by atoms with Gasteiger partial charge < -0.3 is 9.64 Å². The van der Waals surface area contributed by atoms with Crippen LogP contribution in [0.25, 0.3) is 0 Å². The fourth-order valence-electron chi connectivity index (χ4n) is 2.71. The maximum absolute atomic E-state index is 12.6. The molecule has 0 radical (unpaired) electrons. The van der Waals surface area contributed by atoms with Gasteiger partial charge in [0.25, 0.3) is 15.9 Å². The first kappa shape index (κ1) is 21.8. The SMILES string of the molecule is CCCCN(CC)C(=O)c1ccc(S(=O)(=O)Nc2ccc(OCC)cc2)cc1. The van der Waals surface area contributed by atoms with Gasteiger partial charge in [-0.25, -0.2) is 8.42 Å². The fourth-order valence-corrected chi connectivity index (χ4v) is 3.77. The second-order valence-electron chi connectivity index (χ2n) is 6.33. The molecule has 1 N–H and O–H groups in total. The first-order valence-corrected chi connectivity index (χ1v) is 11.0. The number of unbranched alkanes of at least 4 members (excludes halogenated alkanes) is 1. The van der Waals surface area contributed by atoms with Gasteiger partial charge >= 0.3 is 0 Å². The van der Waals surface area contributed by atoms with E-state index in [1.54, 1.807) is 41.3 Å². The third kappa shape index (κ3) is 5.73. The van der Waals surface area contributed by atoms with E-state index < -0.39 is 10.0 Å². The minimum atomic E-state index is -3.74. The molecule has 0 heterocycles. The monoisotopic (exact) mass is 404 g/mol. The van der Waals surface area contributed by atoms with Crippen LogP contribution >= 0.6 is 0 Å². The number of anilines is 1. The first-order chi connectivity index (χ1) is 13.4. The van der Waals surface area contributed by atoms with Crippen molar-refractivity contribution in [2.75, 3.05) is 24.4 Å². The minimum Gasteiger partial charge on any atom is -0.494 e. The van der Waals surface area contributed by atoms with E-state index in [2.05, 4.69) is 11.6 Å². The Labute approximate surface area is 167 Å². The van der Waals surface area contributed by atoms with Crippen molar-refractivity contribution in [3.8, 4) is 5.75 Å². The van der Waals surface area contributed by atoms with E-state index in [1.165, 1.54) is 12.1 Å². The van der Waals surface area contributed by atoms with Crippen molar-refractivity contribution in [3.63, 3.8) is 0 Å². The standard InChI is InChI=1S/C21H28N2O4S/c1-4-7-16-23(5-2)21(24)17-8-14-20(15-9-17)28(25,26)22-18-10-12-19(13-11-18)27-6-3/h8-15,22H,4-7,16H2,1-3H3. The maximum atomic E-state index is 12.6. The number of nitrogens with one attached hydrogen (secondary N) is 1. The van der Waals surface area contributed by atoms with Gasteiger partial charge in [0.2, 0.25) is 0 Å². The largest absolute Gasteiger partial charge is 0.494 e. The second kappa shape index (κ2) is 10.1. The van der Waals surface area contributed by atoms with Crippen LogP contribution < -0.4 is 9.46 Å². The van der Waals surface area contributed by atoms with E-state index >= 15 is 0 Å². The summed E-state index contributed by atoms with van der Waals surface area (Å²) < 4.78 is 33.1. The molecule has 0 spiro atoms. The van der Waals surface area contributed by atoms with Gasteiger partial charge in [-0.2, -0.15) is 0 Å². The van der Waals surface area contributed by atoms with E-state index in [0.717, 1.165) is 12.8 Å². The van der Waals surface area contributed by atoms with E-state index in [-0.39, 0.29) is 10.8 Å². The van der Waals surface area contributed by atoms with Crippen LogP contribution in [0.5, 0.6) is 5.75 Å². The number of hydrogen-bond donors (Lipinski definition) is 1. The molecule has 0 aliphatic rings. The van der Waals surface area contributed by atoms with Gasteiger partial charge in [-0.1, -0.05) is 13.3 Å². The average molecular weight is 405 g/mol. The number of nitrogens with zero attached hydrogens (tertiary/aromatic N) is 1. The molecule has 0 bridgehead atoms. The van der Waals surface area contributed by atoms with Crippen LogP contribution in [-0.2, 0) is 10.0 Å². The van der Waals surface area contributed by atoms with Crippen molar-refractivity contribution in [1.82, 2.24) is 4.90 Å². The van der Waals surface area contributed by atoms with Crippen LogP contribution in [0.2, 0.25) is 0 Å². The Kier molecular flexibility index (Phi) is 7.87. The zero-order chi connectivity index (χ0) is 20.6. The van der Waals surface area contributed by atoms with Crippen LogP contribution in [-0.4, -0.2) is 38.9 Å². The average Bonchev–Trinajstić information content (AvgIpc) is 2.70. The van der Waals surface area contributed by atoms with Crippen molar-refractivity contribution in [2.45, 2.75) is 38.5 Å². The summed E-state index contributed by atoms with van der Waals surface area (Å²) in [6.07, 6.45) is 1.95. The van der Waals surface area contributed by atoms with Crippen molar-refractivity contribution < 1.29 is 17.9 Å². The number of carbonyl (C=O) groups is 1. The Bertz CT molecular complexity index is 862. The summed E-state index contributed by atoms with van der Waals surface area (Å²) in [7, 11) is -3.74. The lowest BCUT2D eigenvalue weighted by Gasteiger charge is -2.20. The molecule has 0 unspecified atom stereocenters. The van der Waals surface area contributed by atoms with E-state index in [0.29, 0.717) is 36.7 Å². The number of amides is 1. The molecule has 0 aliphatic heterocycles. The number of rotatable bonds is 10. The Morgan fingerprint density at radius 3 is 2.18 bits per heavy atom. The van der Waals surface area contributed by atoms with Crippen molar-refractivity contribution in [1.29, 1.82) is 0 Å². The quantitative estimate of drug-likeness (QED) is 0.645. The lowest BCUT2D eigenvalue weighted by atomic mass is 10.2. The predicted molar refractivity (Wildman–Crippen MR) is 111 cm³/mol. The van der Waals surface area contributed by atoms with Gasteiger partial charge in [-0.05, 0) is 68.8 Å². The van der Waals surface area contributed by atoms with Crippen molar-refractivity contribution in [2.24, 2.45) is 0 Å². The summed E-state index contributed by atoms with van der Waals surface area (Å²) in [6.45, 7) is 7.77. The van der Waals surface area contributed by atoms with Crippen LogP contribution in [0, 0.1) is 0 Å². The number of ether oxygens (including phenoxy) is 1. The molecule has 0 atom stereocenters. The lowest BCUT2D eigenvalue weighted by Crippen LogP contribution is -2.31. The summed E-state index contributed by atoms with van der Waals surface area (Å²) in [5, 5.41) is 0. The summed E-state index contributed by atoms with van der Waals surface area (Å²) in [4.78, 5) is 14.4. The highest BCUT2D eigenvalue weighted by atomic mass is 32.2. The lowest BCUT2D eigenvalue weighted by molar-refractivity contribution is 0.0762. The Hall–Kier alpha value is -2.54. The predicted octanol–water partition coefficient (Wildman–Crippen LogP) is 4.15. The third-order valence-electron chi connectivity index (χ3n) is 4.28. The van der Waals surface area contributed by atoms with Crippen LogP contribution in [0.15, 0.2) is 53.4 Å². The number of carbonyl (C=O) groups excluding carboxylic acids is 1. The summed E-state index contributed by atoms with van der Waals surface area (Å²) >= 11 is 0. The first-order valence-electron chi connectivity index (χ1n) is 9.56. The molecule has 0 saturated carbocycles. The van der Waals surface area contributed by atoms with E-state index in [4.69, 9.17) is 4.74 Å². The summed E-state index contributed by atoms with van der Waals surface area (Å²) in [5.41, 5.74) is 0.929. The zero-order valence-electron chi connectivity index (χ0n) is 16.6. The molecule has 152 valence electrons. The molecule has 0 aromatic heterocycles. The van der Waals surface area contributed by atoms with Gasteiger partial charge in [0.05, 0.1) is 11.5 Å². The highest BCUT2D eigenvalue weighted by molar-refractivity contribution is 7.92. The van der Waals surface area contributed by atoms with Gasteiger partial charge in [0, 0.05) is 24.3 Å². The zero-order valence-corrected chi connectivity index (χ0v) is 17.5. The number of hydrogen-bond acceptors (Lipinski definition) is 4. The minimum absolute atomic E-state index is 0.0839. The highest BCUT2D eigenvalue weighted by Crippen LogP contribution is 2.20. The van der Waals surface area contributed by atoms with Crippen LogP contribution in [0.3, 0.4) is 0 Å². The molecule has 28 heavy (non-hydrogen) atoms. The molecule has 2 rings (SSSR count). The number of sulfonamides is 1. The summed E-state index contributed by atoms with van der Waals surface area (Å²) in [5.74, 6) is 0.594. The van der Waals surface area contributed by atoms with E-state index in [1.807, 2.05) is 13.8 Å². The molecule has 0 aliphatic carbocycles. The molecule has 7 heteroatoms. The third-order valence-corrected chi connectivity index (χ3v) is 5.68. The van der Waals surface area contributed by atoms with Crippen molar-refractivity contribution in [3.05, 3.63) is 54.1 Å². The normalized spacial score (nSPS) is 11.1. The smallest absolute Gasteiger partial charge is 0.261 e. The maximum Gasteiger partial charge on any atom is 0.261 e. The highest BCUT2D eigenvalue weighted by Gasteiger charge is 2.17. The van der Waals surface area contributed by atoms with Gasteiger partial charge in [0.15, 0.2) is 0 Å². The molecular weight excluding hydrogens is 376 g/mol. The van der Waals surface area contributed by atoms with Crippen LogP contribution in [0.1, 0.15) is 44.0 Å². The molecule has 0 saturated heterocycles. The Morgan fingerprint density at radius 2 is 1.64 bits per heavy atom. The molecular formula is C21H28N2O4S. The molecule has 0 fully saturated rings. The number of benzene rings is 2. The fraction of sp³-hybridized carbons (Fsp3) is 0.381. The van der Waals surface area contributed by atoms with E-state index in [9.17, 15) is 13.2 Å². The van der Waals surface area contributed by atoms with Crippen molar-refractivity contribution >= 4 is 21.6 Å². The Balaban J connectivity index is 2.11. The molecule has 2 aromatic carbocycles. The summed E-state index contributed by atoms with van der Waals surface area (Å²) in [6, 6.07) is 12.7. The van der Waals surface area contributed by atoms with Gasteiger partial charge in [-0.15, -0.1) is 0 Å². The molecule has 1 amide bonds. The topological polar surface area (TPSA) is 75.7 Å².